The van der Waals surface area contributed by atoms with Crippen LogP contribution in [0.5, 0.6) is 0 Å². The van der Waals surface area contributed by atoms with Crippen LogP contribution in [0.4, 0.5) is 5.69 Å². The van der Waals surface area contributed by atoms with E-state index >= 15 is 0 Å². The number of carbonyl (C=O) groups excluding carboxylic acids is 1. The zero-order chi connectivity index (χ0) is 26.4. The summed E-state index contributed by atoms with van der Waals surface area (Å²) in [5.41, 5.74) is 13.9. The molecule has 1 fully saturated rings. The largest absolute Gasteiger partial charge is 0.339 e. The number of anilines is 1. The van der Waals surface area contributed by atoms with Crippen molar-refractivity contribution in [3.8, 4) is 0 Å². The molecule has 2 aliphatic rings. The van der Waals surface area contributed by atoms with Gasteiger partial charge < -0.3 is 16.4 Å². The first-order valence-corrected chi connectivity index (χ1v) is 13.1. The number of piperidine rings is 1. The van der Waals surface area contributed by atoms with Gasteiger partial charge >= 0.3 is 0 Å². The molecule has 0 bridgehead atoms. The van der Waals surface area contributed by atoms with Gasteiger partial charge in [0, 0.05) is 48.5 Å². The Morgan fingerprint density at radius 3 is 2.73 bits per heavy atom. The van der Waals surface area contributed by atoms with Crippen molar-refractivity contribution in [2.75, 3.05) is 18.4 Å². The van der Waals surface area contributed by atoms with Crippen molar-refractivity contribution in [2.45, 2.75) is 59.5 Å². The van der Waals surface area contributed by atoms with Crippen molar-refractivity contribution >= 4 is 23.1 Å². The average molecular weight is 499 g/mol. The normalized spacial score (nSPS) is 19.5. The van der Waals surface area contributed by atoms with Crippen LogP contribution < -0.4 is 16.4 Å². The molecule has 0 saturated carbocycles. The Morgan fingerprint density at radius 1 is 1.24 bits per heavy atom. The molecular formula is C30H38N6O. The van der Waals surface area contributed by atoms with Crippen molar-refractivity contribution in [2.24, 2.45) is 10.7 Å². The summed E-state index contributed by atoms with van der Waals surface area (Å²) >= 11 is 0. The lowest BCUT2D eigenvalue weighted by molar-refractivity contribution is 0.102. The molecule has 1 unspecified atom stereocenters. The Hall–Kier alpha value is -3.55. The Labute approximate surface area is 220 Å². The van der Waals surface area contributed by atoms with Gasteiger partial charge in [0.25, 0.3) is 5.91 Å². The summed E-state index contributed by atoms with van der Waals surface area (Å²) in [6.07, 6.45) is 8.91. The minimum absolute atomic E-state index is 0.220. The standard InChI is InChI=1S/C30H38N6O/c1-5-21(4)17-33-29-26(20(2)3)16-27(35-29)23-8-10-25(11-9-23)34-30(37)28-15-22(12-13-32-28)18-36-14-6-7-24(31)19-36/h8-13,15-17,24H,5-7,14,18-19,31H2,1-4H3,(H,33,35)(H,34,37). The zero-order valence-electron chi connectivity index (χ0n) is 22.3. The van der Waals surface area contributed by atoms with Crippen LogP contribution >= 0.6 is 0 Å². The van der Waals surface area contributed by atoms with Crippen LogP contribution in [-0.2, 0) is 6.54 Å². The minimum Gasteiger partial charge on any atom is -0.339 e. The molecule has 0 aliphatic carbocycles. The first-order chi connectivity index (χ1) is 17.8. The molecule has 2 aliphatic heterocycles. The number of pyridine rings is 1. The van der Waals surface area contributed by atoms with Crippen molar-refractivity contribution in [1.29, 1.82) is 0 Å². The number of carbonyl (C=O) groups is 1. The molecule has 7 heteroatoms. The van der Waals surface area contributed by atoms with Crippen molar-refractivity contribution in [3.05, 3.63) is 88.4 Å². The van der Waals surface area contributed by atoms with Crippen LogP contribution in [0.1, 0.15) is 68.6 Å². The highest BCUT2D eigenvalue weighted by atomic mass is 16.1. The number of amidine groups is 1. The van der Waals surface area contributed by atoms with Crippen molar-refractivity contribution in [3.63, 3.8) is 0 Å². The molecule has 194 valence electrons. The first-order valence-electron chi connectivity index (χ1n) is 13.1. The van der Waals surface area contributed by atoms with Gasteiger partial charge in [-0.2, -0.15) is 0 Å². The predicted molar refractivity (Wildman–Crippen MR) is 152 cm³/mol. The van der Waals surface area contributed by atoms with E-state index < -0.39 is 0 Å². The quantitative estimate of drug-likeness (QED) is 0.485. The van der Waals surface area contributed by atoms with E-state index in [0.717, 1.165) is 72.8 Å². The molecule has 1 aromatic carbocycles. The van der Waals surface area contributed by atoms with Crippen LogP contribution in [0.2, 0.25) is 0 Å². The minimum atomic E-state index is -0.220. The number of allylic oxidation sites excluding steroid dienone is 2. The van der Waals surface area contributed by atoms with Crippen LogP contribution in [0.15, 0.2) is 76.6 Å². The molecular weight excluding hydrogens is 460 g/mol. The predicted octanol–water partition coefficient (Wildman–Crippen LogP) is 5.25. The van der Waals surface area contributed by atoms with E-state index in [1.54, 1.807) is 6.20 Å². The fourth-order valence-corrected chi connectivity index (χ4v) is 4.47. The third-order valence-electron chi connectivity index (χ3n) is 6.77. The molecule has 2 aromatic rings. The number of nitrogens with two attached hydrogens (primary N) is 1. The second-order valence-corrected chi connectivity index (χ2v) is 10.1. The van der Waals surface area contributed by atoms with E-state index in [2.05, 4.69) is 59.3 Å². The Bertz CT molecular complexity index is 1250. The SMILES string of the molecule is CCC(C)=CN=C1NC(c2ccc(NC(=O)c3cc(CN4CCCC(N)C4)ccn3)cc2)=CC1=C(C)C. The number of benzene rings is 1. The van der Waals surface area contributed by atoms with Gasteiger partial charge in [0.05, 0.1) is 0 Å². The van der Waals surface area contributed by atoms with E-state index in [0.29, 0.717) is 5.69 Å². The van der Waals surface area contributed by atoms with Crippen LogP contribution in [-0.4, -0.2) is 40.8 Å². The third-order valence-corrected chi connectivity index (χ3v) is 6.77. The Kier molecular flexibility index (Phi) is 8.69. The van der Waals surface area contributed by atoms with E-state index in [4.69, 9.17) is 5.73 Å². The van der Waals surface area contributed by atoms with Gasteiger partial charge in [-0.05, 0) is 88.0 Å². The Morgan fingerprint density at radius 2 is 2.03 bits per heavy atom. The van der Waals surface area contributed by atoms with E-state index in [1.165, 1.54) is 11.1 Å². The molecule has 0 radical (unpaired) electrons. The molecule has 4 N–H and O–H groups in total. The zero-order valence-corrected chi connectivity index (χ0v) is 22.3. The highest BCUT2D eigenvalue weighted by Gasteiger charge is 2.19. The summed E-state index contributed by atoms with van der Waals surface area (Å²) in [5.74, 6) is 0.639. The number of nitrogens with one attached hydrogen (secondary N) is 2. The number of hydrogen-bond acceptors (Lipinski definition) is 5. The number of hydrogen-bond donors (Lipinski definition) is 3. The van der Waals surface area contributed by atoms with Gasteiger partial charge in [0.2, 0.25) is 0 Å². The second kappa shape index (κ2) is 12.1. The molecule has 7 nitrogen and oxygen atoms in total. The van der Waals surface area contributed by atoms with Crippen LogP contribution in [0.25, 0.3) is 5.70 Å². The van der Waals surface area contributed by atoms with Crippen LogP contribution in [0, 0.1) is 0 Å². The topological polar surface area (TPSA) is 95.6 Å². The third kappa shape index (κ3) is 7.02. The second-order valence-electron chi connectivity index (χ2n) is 10.1. The number of nitrogens with zero attached hydrogens (tertiary/aromatic N) is 3. The lowest BCUT2D eigenvalue weighted by Gasteiger charge is -2.30. The molecule has 3 heterocycles. The summed E-state index contributed by atoms with van der Waals surface area (Å²) in [5, 5.41) is 6.42. The van der Waals surface area contributed by atoms with Crippen molar-refractivity contribution in [1.82, 2.24) is 15.2 Å². The maximum atomic E-state index is 12.9. The maximum Gasteiger partial charge on any atom is 0.274 e. The van der Waals surface area contributed by atoms with E-state index in [-0.39, 0.29) is 11.9 Å². The molecule has 0 spiro atoms. The lowest BCUT2D eigenvalue weighted by atomic mass is 10.1. The summed E-state index contributed by atoms with van der Waals surface area (Å²) in [6, 6.07) is 11.9. The van der Waals surface area contributed by atoms with Crippen molar-refractivity contribution < 1.29 is 4.79 Å². The molecule has 1 aromatic heterocycles. The van der Waals surface area contributed by atoms with E-state index in [1.807, 2.05) is 42.6 Å². The molecule has 1 saturated heterocycles. The highest BCUT2D eigenvalue weighted by molar-refractivity contribution is 6.12. The summed E-state index contributed by atoms with van der Waals surface area (Å²) in [6.45, 7) is 11.1. The fourth-order valence-electron chi connectivity index (χ4n) is 4.47. The molecule has 1 atom stereocenters. The molecule has 4 rings (SSSR count). The van der Waals surface area contributed by atoms with Gasteiger partial charge in [0.1, 0.15) is 11.5 Å². The molecule has 1 amide bonds. The smallest absolute Gasteiger partial charge is 0.274 e. The lowest BCUT2D eigenvalue weighted by Crippen LogP contribution is -2.42. The van der Waals surface area contributed by atoms with Crippen LogP contribution in [0.3, 0.4) is 0 Å². The van der Waals surface area contributed by atoms with E-state index in [9.17, 15) is 4.79 Å². The van der Waals surface area contributed by atoms with Gasteiger partial charge in [-0.3, -0.25) is 14.7 Å². The maximum absolute atomic E-state index is 12.9. The first kappa shape index (κ1) is 26.5. The number of rotatable bonds is 7. The summed E-state index contributed by atoms with van der Waals surface area (Å²) < 4.78 is 0. The number of aliphatic imine (C=N–C) groups is 1. The number of amides is 1. The van der Waals surface area contributed by atoms with Gasteiger partial charge in [-0.15, -0.1) is 0 Å². The monoisotopic (exact) mass is 498 g/mol. The van der Waals surface area contributed by atoms with Gasteiger partial charge in [-0.25, -0.2) is 4.99 Å². The number of likely N-dealkylation sites (tertiary alicyclic amines) is 1. The Balaban J connectivity index is 1.42. The molecule has 37 heavy (non-hydrogen) atoms. The number of aromatic nitrogens is 1. The van der Waals surface area contributed by atoms with Gasteiger partial charge in [-0.1, -0.05) is 30.2 Å². The summed E-state index contributed by atoms with van der Waals surface area (Å²) in [7, 11) is 0. The average Bonchev–Trinajstić information content (AvgIpc) is 3.32. The highest BCUT2D eigenvalue weighted by Crippen LogP contribution is 2.25. The summed E-state index contributed by atoms with van der Waals surface area (Å²) in [4.78, 5) is 24.2. The van der Waals surface area contributed by atoms with Gasteiger partial charge in [0.15, 0.2) is 0 Å². The fraction of sp³-hybridized carbons (Fsp3) is 0.367.